The van der Waals surface area contributed by atoms with Gasteiger partial charge in [0, 0.05) is 0 Å². The first-order chi connectivity index (χ1) is 5.52. The Morgan fingerprint density at radius 1 is 1.38 bits per heavy atom. The maximum absolute atomic E-state index is 10.4. The SMILES string of the molecule is CCCCCC(CO)S(=O)(=O)[O-].[K+]. The molecule has 0 bridgehead atoms. The minimum atomic E-state index is -4.30. The Labute approximate surface area is 122 Å². The average molecular weight is 234 g/mol. The van der Waals surface area contributed by atoms with E-state index in [9.17, 15) is 13.0 Å². The minimum Gasteiger partial charge on any atom is -0.748 e. The van der Waals surface area contributed by atoms with Crippen LogP contribution in [0, 0.1) is 0 Å². The number of unbranched alkanes of at least 4 members (excludes halogenated alkanes) is 2. The molecule has 0 aromatic heterocycles. The van der Waals surface area contributed by atoms with Crippen molar-refractivity contribution >= 4 is 10.1 Å². The fourth-order valence-electron chi connectivity index (χ4n) is 0.949. The molecular formula is C7H15KO4S. The Morgan fingerprint density at radius 2 is 1.92 bits per heavy atom. The van der Waals surface area contributed by atoms with Crippen LogP contribution in [-0.4, -0.2) is 29.9 Å². The smallest absolute Gasteiger partial charge is 0.748 e. The molecule has 0 aliphatic rings. The van der Waals surface area contributed by atoms with Crippen LogP contribution in [0.1, 0.15) is 32.6 Å². The second kappa shape index (κ2) is 8.79. The van der Waals surface area contributed by atoms with Crippen LogP contribution < -0.4 is 51.4 Å². The molecule has 0 aliphatic carbocycles. The fourth-order valence-corrected chi connectivity index (χ4v) is 1.59. The molecule has 1 N–H and O–H groups in total. The Bertz CT molecular complexity index is 203. The normalized spacial score (nSPS) is 13.5. The first-order valence-electron chi connectivity index (χ1n) is 4.08. The molecule has 0 aromatic rings. The summed E-state index contributed by atoms with van der Waals surface area (Å²) in [6, 6.07) is 0. The molecule has 0 fully saturated rings. The van der Waals surface area contributed by atoms with E-state index in [-0.39, 0.29) is 57.8 Å². The van der Waals surface area contributed by atoms with Crippen LogP contribution in [0.4, 0.5) is 0 Å². The Kier molecular flexibility index (Phi) is 11.4. The number of aliphatic hydroxyl groups is 1. The number of aliphatic hydroxyl groups excluding tert-OH is 1. The van der Waals surface area contributed by atoms with Gasteiger partial charge in [-0.3, -0.25) is 0 Å². The summed E-state index contributed by atoms with van der Waals surface area (Å²) in [6.45, 7) is 1.43. The fraction of sp³-hybridized carbons (Fsp3) is 1.00. The number of hydrogen-bond acceptors (Lipinski definition) is 4. The molecule has 74 valence electrons. The van der Waals surface area contributed by atoms with E-state index in [4.69, 9.17) is 5.11 Å². The summed E-state index contributed by atoms with van der Waals surface area (Å²) < 4.78 is 31.3. The predicted molar refractivity (Wildman–Crippen MR) is 44.7 cm³/mol. The van der Waals surface area contributed by atoms with Gasteiger partial charge < -0.3 is 9.66 Å². The third-order valence-corrected chi connectivity index (χ3v) is 2.94. The van der Waals surface area contributed by atoms with Gasteiger partial charge in [-0.25, -0.2) is 8.42 Å². The van der Waals surface area contributed by atoms with Crippen molar-refractivity contribution < 1.29 is 69.5 Å². The van der Waals surface area contributed by atoms with Crippen LogP contribution in [0.15, 0.2) is 0 Å². The summed E-state index contributed by atoms with van der Waals surface area (Å²) in [7, 11) is -4.30. The van der Waals surface area contributed by atoms with Gasteiger partial charge in [-0.2, -0.15) is 0 Å². The van der Waals surface area contributed by atoms with E-state index >= 15 is 0 Å². The van der Waals surface area contributed by atoms with Crippen molar-refractivity contribution in [3.63, 3.8) is 0 Å². The predicted octanol–water partition coefficient (Wildman–Crippen LogP) is -2.52. The zero-order valence-corrected chi connectivity index (χ0v) is 12.1. The second-order valence-electron chi connectivity index (χ2n) is 2.79. The molecule has 0 aromatic carbocycles. The summed E-state index contributed by atoms with van der Waals surface area (Å²) in [6.07, 6.45) is 2.82. The summed E-state index contributed by atoms with van der Waals surface area (Å²) in [5.74, 6) is 0. The average Bonchev–Trinajstić information content (AvgIpc) is 1.95. The molecule has 0 saturated heterocycles. The van der Waals surface area contributed by atoms with Gasteiger partial charge >= 0.3 is 51.4 Å². The van der Waals surface area contributed by atoms with E-state index in [0.29, 0.717) is 6.42 Å². The monoisotopic (exact) mass is 234 g/mol. The van der Waals surface area contributed by atoms with E-state index in [1.807, 2.05) is 6.92 Å². The zero-order valence-electron chi connectivity index (χ0n) is 8.19. The maximum Gasteiger partial charge on any atom is 1.00 e. The summed E-state index contributed by atoms with van der Waals surface area (Å²) in [4.78, 5) is 0. The third-order valence-electron chi connectivity index (χ3n) is 1.74. The van der Waals surface area contributed by atoms with Crippen molar-refractivity contribution in [1.29, 1.82) is 0 Å². The van der Waals surface area contributed by atoms with Crippen molar-refractivity contribution in [3.8, 4) is 0 Å². The summed E-state index contributed by atoms with van der Waals surface area (Å²) >= 11 is 0. The Hall–Kier alpha value is 1.51. The van der Waals surface area contributed by atoms with E-state index in [1.54, 1.807) is 0 Å². The van der Waals surface area contributed by atoms with Crippen LogP contribution >= 0.6 is 0 Å². The molecule has 1 atom stereocenters. The van der Waals surface area contributed by atoms with Gasteiger partial charge in [0.25, 0.3) is 0 Å². The van der Waals surface area contributed by atoms with Gasteiger partial charge in [0.05, 0.1) is 22.0 Å². The number of rotatable bonds is 6. The van der Waals surface area contributed by atoms with Crippen LogP contribution in [0.5, 0.6) is 0 Å². The van der Waals surface area contributed by atoms with Gasteiger partial charge in [0.15, 0.2) is 0 Å². The molecular weight excluding hydrogens is 219 g/mol. The molecule has 13 heavy (non-hydrogen) atoms. The van der Waals surface area contributed by atoms with Gasteiger partial charge in [0.2, 0.25) is 0 Å². The van der Waals surface area contributed by atoms with E-state index in [2.05, 4.69) is 0 Å². The van der Waals surface area contributed by atoms with E-state index in [0.717, 1.165) is 12.8 Å². The Balaban J connectivity index is 0. The molecule has 0 saturated carbocycles. The summed E-state index contributed by atoms with van der Waals surface area (Å²) in [5.41, 5.74) is 0. The van der Waals surface area contributed by atoms with Crippen molar-refractivity contribution in [2.24, 2.45) is 0 Å². The van der Waals surface area contributed by atoms with E-state index < -0.39 is 22.0 Å². The minimum absolute atomic E-state index is 0. The molecule has 4 nitrogen and oxygen atoms in total. The molecule has 1 unspecified atom stereocenters. The molecule has 0 radical (unpaired) electrons. The molecule has 0 heterocycles. The molecule has 0 amide bonds. The standard InChI is InChI=1S/C7H16O4S.K/c1-2-3-4-5-7(6-8)12(9,10)11;/h7-8H,2-6H2,1H3,(H,9,10,11);/q;+1/p-1. The molecule has 0 spiro atoms. The van der Waals surface area contributed by atoms with E-state index in [1.165, 1.54) is 0 Å². The van der Waals surface area contributed by atoms with Crippen LogP contribution in [0.3, 0.4) is 0 Å². The van der Waals surface area contributed by atoms with Crippen molar-refractivity contribution in [2.45, 2.75) is 37.9 Å². The molecule has 6 heteroatoms. The van der Waals surface area contributed by atoms with Crippen molar-refractivity contribution in [2.75, 3.05) is 6.61 Å². The van der Waals surface area contributed by atoms with Crippen LogP contribution in [-0.2, 0) is 10.1 Å². The zero-order chi connectivity index (χ0) is 9.61. The summed E-state index contributed by atoms with van der Waals surface area (Å²) in [5, 5.41) is 7.47. The van der Waals surface area contributed by atoms with Crippen molar-refractivity contribution in [3.05, 3.63) is 0 Å². The topological polar surface area (TPSA) is 77.4 Å². The van der Waals surface area contributed by atoms with Crippen LogP contribution in [0.25, 0.3) is 0 Å². The third kappa shape index (κ3) is 8.50. The largest absolute Gasteiger partial charge is 1.00 e. The maximum atomic E-state index is 10.4. The first-order valence-corrected chi connectivity index (χ1v) is 5.55. The van der Waals surface area contributed by atoms with Gasteiger partial charge in [-0.1, -0.05) is 26.2 Å². The van der Waals surface area contributed by atoms with Crippen molar-refractivity contribution in [1.82, 2.24) is 0 Å². The van der Waals surface area contributed by atoms with Gasteiger partial charge in [-0.15, -0.1) is 0 Å². The molecule has 0 aliphatic heterocycles. The van der Waals surface area contributed by atoms with Gasteiger partial charge in [-0.05, 0) is 6.42 Å². The van der Waals surface area contributed by atoms with Crippen LogP contribution in [0.2, 0.25) is 0 Å². The second-order valence-corrected chi connectivity index (χ2v) is 4.45. The number of hydrogen-bond donors (Lipinski definition) is 1. The first kappa shape index (κ1) is 16.9. The quantitative estimate of drug-likeness (QED) is 0.312. The van der Waals surface area contributed by atoms with Gasteiger partial charge in [0.1, 0.15) is 0 Å². The molecule has 0 rings (SSSR count). The Morgan fingerprint density at radius 3 is 2.23 bits per heavy atom.